The summed E-state index contributed by atoms with van der Waals surface area (Å²) >= 11 is 5.97. The number of ketones is 1. The molecule has 0 bridgehead atoms. The zero-order valence-corrected chi connectivity index (χ0v) is 10.7. The van der Waals surface area contributed by atoms with E-state index in [1.54, 1.807) is 11.6 Å². The topological polar surface area (TPSA) is 60.9 Å². The Bertz CT molecular complexity index is 385. The molecular formula is C11H18ClN3O. The summed E-state index contributed by atoms with van der Waals surface area (Å²) in [6.07, 6.45) is 2.98. The van der Waals surface area contributed by atoms with Crippen molar-refractivity contribution in [3.63, 3.8) is 0 Å². The molecule has 5 heteroatoms. The van der Waals surface area contributed by atoms with E-state index in [4.69, 9.17) is 17.3 Å². The van der Waals surface area contributed by atoms with Crippen molar-refractivity contribution in [1.29, 1.82) is 0 Å². The summed E-state index contributed by atoms with van der Waals surface area (Å²) in [5, 5.41) is 4.41. The third-order valence-electron chi connectivity index (χ3n) is 2.60. The third kappa shape index (κ3) is 2.44. The maximum atomic E-state index is 12.2. The van der Waals surface area contributed by atoms with Gasteiger partial charge in [0.15, 0.2) is 0 Å². The van der Waals surface area contributed by atoms with Crippen molar-refractivity contribution in [1.82, 2.24) is 9.78 Å². The minimum atomic E-state index is -0.870. The van der Waals surface area contributed by atoms with Crippen LogP contribution in [0.15, 0.2) is 6.20 Å². The molecule has 1 heterocycles. The Morgan fingerprint density at radius 2 is 2.25 bits per heavy atom. The van der Waals surface area contributed by atoms with Crippen LogP contribution in [0, 0.1) is 0 Å². The van der Waals surface area contributed by atoms with Gasteiger partial charge in [-0.05, 0) is 20.3 Å². The molecule has 1 aromatic heterocycles. The highest BCUT2D eigenvalue weighted by molar-refractivity contribution is 6.34. The molecule has 90 valence electrons. The molecular weight excluding hydrogens is 226 g/mol. The highest BCUT2D eigenvalue weighted by Crippen LogP contribution is 2.22. The van der Waals surface area contributed by atoms with Gasteiger partial charge >= 0.3 is 0 Å². The van der Waals surface area contributed by atoms with E-state index >= 15 is 0 Å². The van der Waals surface area contributed by atoms with Crippen molar-refractivity contribution >= 4 is 17.4 Å². The molecule has 0 spiro atoms. The molecule has 1 rings (SSSR count). The molecule has 0 aliphatic heterocycles. The summed E-state index contributed by atoms with van der Waals surface area (Å²) in [5.41, 5.74) is 5.55. The number of nitrogens with two attached hydrogens (primary N) is 1. The smallest absolute Gasteiger partial charge is 0.201 e. The van der Waals surface area contributed by atoms with E-state index < -0.39 is 5.54 Å². The number of Topliss-reactive ketones (excluding diaryl/α,β-unsaturated/α-hetero) is 1. The molecule has 0 amide bonds. The van der Waals surface area contributed by atoms with Crippen LogP contribution < -0.4 is 5.73 Å². The van der Waals surface area contributed by atoms with Gasteiger partial charge in [-0.25, -0.2) is 0 Å². The van der Waals surface area contributed by atoms with Crippen molar-refractivity contribution in [3.8, 4) is 0 Å². The lowest BCUT2D eigenvalue weighted by molar-refractivity contribution is 0.0882. The number of rotatable bonds is 5. The lowest BCUT2D eigenvalue weighted by atomic mass is 9.90. The molecule has 4 nitrogen and oxygen atoms in total. The SMILES string of the molecule is CCCC(C)(N)C(=O)c1c(Cl)cnn1CC. The lowest BCUT2D eigenvalue weighted by Gasteiger charge is -2.22. The van der Waals surface area contributed by atoms with Crippen molar-refractivity contribution in [2.75, 3.05) is 0 Å². The van der Waals surface area contributed by atoms with E-state index in [2.05, 4.69) is 5.10 Å². The Morgan fingerprint density at radius 3 is 2.75 bits per heavy atom. The first-order valence-corrected chi connectivity index (χ1v) is 5.86. The van der Waals surface area contributed by atoms with E-state index in [0.29, 0.717) is 23.7 Å². The van der Waals surface area contributed by atoms with Gasteiger partial charge in [-0.3, -0.25) is 9.48 Å². The Labute approximate surface area is 101 Å². The van der Waals surface area contributed by atoms with Gasteiger partial charge in [-0.15, -0.1) is 0 Å². The standard InChI is InChI=1S/C11H18ClN3O/c1-4-6-11(3,13)10(16)9-8(12)7-14-15(9)5-2/h7H,4-6,13H2,1-3H3. The Morgan fingerprint density at radius 1 is 1.62 bits per heavy atom. The van der Waals surface area contributed by atoms with Gasteiger partial charge in [0.2, 0.25) is 5.78 Å². The van der Waals surface area contributed by atoms with Crippen molar-refractivity contribution in [3.05, 3.63) is 16.9 Å². The molecule has 16 heavy (non-hydrogen) atoms. The number of aromatic nitrogens is 2. The quantitative estimate of drug-likeness (QED) is 0.807. The molecule has 0 aliphatic rings. The molecule has 0 saturated heterocycles. The first-order chi connectivity index (χ1) is 7.44. The predicted molar refractivity (Wildman–Crippen MR) is 64.7 cm³/mol. The zero-order chi connectivity index (χ0) is 12.3. The fourth-order valence-corrected chi connectivity index (χ4v) is 1.96. The van der Waals surface area contributed by atoms with Gasteiger partial charge in [-0.2, -0.15) is 5.10 Å². The van der Waals surface area contributed by atoms with Crippen molar-refractivity contribution in [2.45, 2.75) is 45.7 Å². The van der Waals surface area contributed by atoms with Crippen LogP contribution in [-0.2, 0) is 6.54 Å². The van der Waals surface area contributed by atoms with Gasteiger partial charge in [0, 0.05) is 6.54 Å². The molecule has 0 fully saturated rings. The van der Waals surface area contributed by atoms with E-state index in [1.165, 1.54) is 6.20 Å². The summed E-state index contributed by atoms with van der Waals surface area (Å²) in [5.74, 6) is -0.140. The van der Waals surface area contributed by atoms with Crippen LogP contribution >= 0.6 is 11.6 Å². The molecule has 1 aromatic rings. The number of halogens is 1. The minimum absolute atomic E-state index is 0.140. The van der Waals surface area contributed by atoms with Gasteiger partial charge in [0.1, 0.15) is 5.69 Å². The van der Waals surface area contributed by atoms with Crippen molar-refractivity contribution in [2.24, 2.45) is 5.73 Å². The number of aryl methyl sites for hydroxylation is 1. The van der Waals surface area contributed by atoms with Crippen LogP contribution in [0.5, 0.6) is 0 Å². The van der Waals surface area contributed by atoms with Crippen LogP contribution in [0.3, 0.4) is 0 Å². The first kappa shape index (κ1) is 13.2. The van der Waals surface area contributed by atoms with Crippen LogP contribution in [0.2, 0.25) is 5.02 Å². The molecule has 0 radical (unpaired) electrons. The first-order valence-electron chi connectivity index (χ1n) is 5.49. The van der Waals surface area contributed by atoms with E-state index in [-0.39, 0.29) is 5.78 Å². The predicted octanol–water partition coefficient (Wildman–Crippen LogP) is 2.26. The van der Waals surface area contributed by atoms with Gasteiger partial charge in [-0.1, -0.05) is 24.9 Å². The summed E-state index contributed by atoms with van der Waals surface area (Å²) in [6, 6.07) is 0. The Hall–Kier alpha value is -0.870. The number of hydrogen-bond donors (Lipinski definition) is 1. The zero-order valence-electron chi connectivity index (χ0n) is 9.96. The van der Waals surface area contributed by atoms with Crippen LogP contribution in [-0.4, -0.2) is 21.1 Å². The highest BCUT2D eigenvalue weighted by atomic mass is 35.5. The minimum Gasteiger partial charge on any atom is -0.319 e. The summed E-state index contributed by atoms with van der Waals surface area (Å²) in [7, 11) is 0. The van der Waals surface area contributed by atoms with Crippen LogP contribution in [0.25, 0.3) is 0 Å². The molecule has 1 atom stereocenters. The normalized spacial score (nSPS) is 14.8. The van der Waals surface area contributed by atoms with E-state index in [9.17, 15) is 4.79 Å². The monoisotopic (exact) mass is 243 g/mol. The molecule has 2 N–H and O–H groups in total. The lowest BCUT2D eigenvalue weighted by Crippen LogP contribution is -2.45. The molecule has 0 aromatic carbocycles. The molecule has 0 saturated carbocycles. The van der Waals surface area contributed by atoms with Gasteiger partial charge in [0.05, 0.1) is 16.8 Å². The van der Waals surface area contributed by atoms with Crippen LogP contribution in [0.4, 0.5) is 0 Å². The maximum absolute atomic E-state index is 12.2. The Balaban J connectivity index is 3.08. The second kappa shape index (κ2) is 4.97. The second-order valence-electron chi connectivity index (χ2n) is 4.15. The second-order valence-corrected chi connectivity index (χ2v) is 4.56. The summed E-state index contributed by atoms with van der Waals surface area (Å²) < 4.78 is 1.59. The number of nitrogens with zero attached hydrogens (tertiary/aromatic N) is 2. The third-order valence-corrected chi connectivity index (χ3v) is 2.87. The number of carbonyl (C=O) groups is 1. The highest BCUT2D eigenvalue weighted by Gasteiger charge is 2.32. The van der Waals surface area contributed by atoms with Crippen LogP contribution in [0.1, 0.15) is 44.1 Å². The average Bonchev–Trinajstić information content (AvgIpc) is 2.58. The number of hydrogen-bond acceptors (Lipinski definition) is 3. The van der Waals surface area contributed by atoms with Crippen molar-refractivity contribution < 1.29 is 4.79 Å². The number of carbonyl (C=O) groups excluding carboxylic acids is 1. The summed E-state index contributed by atoms with van der Waals surface area (Å²) in [4.78, 5) is 12.2. The fraction of sp³-hybridized carbons (Fsp3) is 0.636. The summed E-state index contributed by atoms with van der Waals surface area (Å²) in [6.45, 7) is 6.25. The fourth-order valence-electron chi connectivity index (χ4n) is 1.73. The largest absolute Gasteiger partial charge is 0.319 e. The maximum Gasteiger partial charge on any atom is 0.201 e. The molecule has 0 aliphatic carbocycles. The molecule has 1 unspecified atom stereocenters. The van der Waals surface area contributed by atoms with E-state index in [1.807, 2.05) is 13.8 Å². The van der Waals surface area contributed by atoms with E-state index in [0.717, 1.165) is 6.42 Å². The average molecular weight is 244 g/mol. The van der Waals surface area contributed by atoms with Gasteiger partial charge in [0.25, 0.3) is 0 Å². The Kier molecular flexibility index (Phi) is 4.10. The van der Waals surface area contributed by atoms with Gasteiger partial charge < -0.3 is 5.73 Å².